The zero-order chi connectivity index (χ0) is 11.3. The number of nitriles is 1. The maximum atomic E-state index is 8.69. The molecule has 0 aromatic heterocycles. The molecule has 0 aliphatic rings. The van der Waals surface area contributed by atoms with E-state index in [4.69, 9.17) is 10.00 Å². The van der Waals surface area contributed by atoms with Gasteiger partial charge >= 0.3 is 0 Å². The molecular weight excluding hydrogens is 254 g/mol. The van der Waals surface area contributed by atoms with E-state index >= 15 is 0 Å². The Balaban J connectivity index is 2.59. The Hall–Kier alpha value is -1.01. The largest absolute Gasteiger partial charge is 0.492 e. The maximum absolute atomic E-state index is 8.69. The van der Waals surface area contributed by atoms with Crippen molar-refractivity contribution in [2.75, 3.05) is 6.61 Å². The molecule has 0 fully saturated rings. The zero-order valence-corrected chi connectivity index (χ0v) is 10.5. The molecule has 0 radical (unpaired) electrons. The van der Waals surface area contributed by atoms with Crippen LogP contribution in [0.15, 0.2) is 22.7 Å². The first-order chi connectivity index (χ1) is 7.13. The molecule has 0 aliphatic carbocycles. The third-order valence-corrected chi connectivity index (χ3v) is 2.63. The Kier molecular flexibility index (Phi) is 4.64. The number of hydrogen-bond donors (Lipinski definition) is 0. The molecule has 1 aromatic carbocycles. The number of ether oxygens (including phenoxy) is 1. The van der Waals surface area contributed by atoms with Gasteiger partial charge in [0.15, 0.2) is 0 Å². The van der Waals surface area contributed by atoms with Crippen molar-refractivity contribution >= 4 is 15.9 Å². The summed E-state index contributed by atoms with van der Waals surface area (Å²) in [4.78, 5) is 0. The van der Waals surface area contributed by atoms with Crippen LogP contribution >= 0.6 is 15.9 Å². The van der Waals surface area contributed by atoms with Crippen molar-refractivity contribution in [3.05, 3.63) is 28.2 Å². The van der Waals surface area contributed by atoms with Gasteiger partial charge in [-0.2, -0.15) is 5.26 Å². The van der Waals surface area contributed by atoms with E-state index in [2.05, 4.69) is 35.8 Å². The van der Waals surface area contributed by atoms with Crippen LogP contribution in [0.1, 0.15) is 25.8 Å². The Morgan fingerprint density at radius 2 is 2.20 bits per heavy atom. The number of rotatable bonds is 4. The van der Waals surface area contributed by atoms with Crippen molar-refractivity contribution in [1.82, 2.24) is 0 Å². The van der Waals surface area contributed by atoms with E-state index in [1.165, 1.54) is 0 Å². The van der Waals surface area contributed by atoms with Gasteiger partial charge in [0.05, 0.1) is 22.7 Å². The number of halogens is 1. The molecular formula is C12H14BrNO. The topological polar surface area (TPSA) is 33.0 Å². The molecule has 3 heteroatoms. The van der Waals surface area contributed by atoms with Crippen molar-refractivity contribution in [1.29, 1.82) is 5.26 Å². The monoisotopic (exact) mass is 267 g/mol. The highest BCUT2D eigenvalue weighted by molar-refractivity contribution is 9.10. The van der Waals surface area contributed by atoms with Gasteiger partial charge in [-0.3, -0.25) is 0 Å². The lowest BCUT2D eigenvalue weighted by Gasteiger charge is -2.09. The first-order valence-electron chi connectivity index (χ1n) is 4.96. The van der Waals surface area contributed by atoms with Crippen molar-refractivity contribution < 1.29 is 4.74 Å². The SMILES string of the molecule is CC(C)CCOc1ccc(C#N)cc1Br. The second-order valence-electron chi connectivity index (χ2n) is 3.79. The third-order valence-electron chi connectivity index (χ3n) is 2.01. The van der Waals surface area contributed by atoms with Crippen molar-refractivity contribution in [3.8, 4) is 11.8 Å². The van der Waals surface area contributed by atoms with Crippen LogP contribution in [0.3, 0.4) is 0 Å². The Bertz CT molecular complexity index is 368. The lowest BCUT2D eigenvalue weighted by molar-refractivity contribution is 0.288. The third kappa shape index (κ3) is 3.93. The summed E-state index contributed by atoms with van der Waals surface area (Å²) in [6, 6.07) is 7.43. The van der Waals surface area contributed by atoms with Gasteiger partial charge in [0.25, 0.3) is 0 Å². The molecule has 0 spiro atoms. The molecule has 0 unspecified atom stereocenters. The van der Waals surface area contributed by atoms with Gasteiger partial charge in [0, 0.05) is 0 Å². The van der Waals surface area contributed by atoms with E-state index in [0.29, 0.717) is 18.1 Å². The minimum Gasteiger partial charge on any atom is -0.492 e. The minimum absolute atomic E-state index is 0.637. The van der Waals surface area contributed by atoms with Crippen molar-refractivity contribution in [2.45, 2.75) is 20.3 Å². The summed E-state index contributed by atoms with van der Waals surface area (Å²) in [5.74, 6) is 1.44. The second-order valence-corrected chi connectivity index (χ2v) is 4.64. The predicted molar refractivity (Wildman–Crippen MR) is 63.8 cm³/mol. The van der Waals surface area contributed by atoms with Gasteiger partial charge in [0.1, 0.15) is 5.75 Å². The van der Waals surface area contributed by atoms with E-state index in [-0.39, 0.29) is 0 Å². The van der Waals surface area contributed by atoms with Crippen LogP contribution in [0.4, 0.5) is 0 Å². The van der Waals surface area contributed by atoms with Crippen LogP contribution in [0.5, 0.6) is 5.75 Å². The molecule has 0 saturated carbocycles. The molecule has 1 rings (SSSR count). The first kappa shape index (κ1) is 12.1. The highest BCUT2D eigenvalue weighted by atomic mass is 79.9. The van der Waals surface area contributed by atoms with E-state index in [1.54, 1.807) is 12.1 Å². The molecule has 0 atom stereocenters. The van der Waals surface area contributed by atoms with Crippen LogP contribution < -0.4 is 4.74 Å². The van der Waals surface area contributed by atoms with Gasteiger partial charge < -0.3 is 4.74 Å². The Morgan fingerprint density at radius 3 is 2.73 bits per heavy atom. The fraction of sp³-hybridized carbons (Fsp3) is 0.417. The van der Waals surface area contributed by atoms with Gasteiger partial charge in [0.2, 0.25) is 0 Å². The summed E-state index contributed by atoms with van der Waals surface area (Å²) < 4.78 is 6.43. The fourth-order valence-corrected chi connectivity index (χ4v) is 1.59. The minimum atomic E-state index is 0.637. The molecule has 15 heavy (non-hydrogen) atoms. The number of hydrogen-bond acceptors (Lipinski definition) is 2. The predicted octanol–water partition coefficient (Wildman–Crippen LogP) is 3.75. The normalized spacial score (nSPS) is 10.1. The van der Waals surface area contributed by atoms with E-state index in [9.17, 15) is 0 Å². The summed E-state index contributed by atoms with van der Waals surface area (Å²) in [7, 11) is 0. The highest BCUT2D eigenvalue weighted by Gasteiger charge is 2.02. The summed E-state index contributed by atoms with van der Waals surface area (Å²) in [5.41, 5.74) is 0.637. The Labute approximate surface area is 99.0 Å². The van der Waals surface area contributed by atoms with E-state index in [0.717, 1.165) is 16.6 Å². The van der Waals surface area contributed by atoms with Crippen LogP contribution in [0.25, 0.3) is 0 Å². The van der Waals surface area contributed by atoms with E-state index < -0.39 is 0 Å². The average Bonchev–Trinajstić information content (AvgIpc) is 2.20. The second kappa shape index (κ2) is 5.77. The molecule has 0 aliphatic heterocycles. The standard InChI is InChI=1S/C12H14BrNO/c1-9(2)5-6-15-12-4-3-10(8-14)7-11(12)13/h3-4,7,9H,5-6H2,1-2H3. The maximum Gasteiger partial charge on any atom is 0.133 e. The van der Waals surface area contributed by atoms with Crippen LogP contribution in [0.2, 0.25) is 0 Å². The lowest BCUT2D eigenvalue weighted by Crippen LogP contribution is -2.01. The van der Waals surface area contributed by atoms with Crippen molar-refractivity contribution in [3.63, 3.8) is 0 Å². The molecule has 0 bridgehead atoms. The number of nitrogens with zero attached hydrogens (tertiary/aromatic N) is 1. The zero-order valence-electron chi connectivity index (χ0n) is 8.96. The van der Waals surface area contributed by atoms with Crippen molar-refractivity contribution in [2.24, 2.45) is 5.92 Å². The molecule has 2 nitrogen and oxygen atoms in total. The van der Waals surface area contributed by atoms with Gasteiger partial charge in [-0.05, 0) is 46.5 Å². The van der Waals surface area contributed by atoms with E-state index in [1.807, 2.05) is 6.07 Å². The summed E-state index contributed by atoms with van der Waals surface area (Å²) in [5, 5.41) is 8.69. The first-order valence-corrected chi connectivity index (χ1v) is 5.75. The summed E-state index contributed by atoms with van der Waals surface area (Å²) in [6.07, 6.45) is 1.03. The molecule has 80 valence electrons. The van der Waals surface area contributed by atoms with Gasteiger partial charge in [-0.1, -0.05) is 13.8 Å². The van der Waals surface area contributed by atoms with Crippen LogP contribution in [0, 0.1) is 17.2 Å². The highest BCUT2D eigenvalue weighted by Crippen LogP contribution is 2.26. The number of benzene rings is 1. The summed E-state index contributed by atoms with van der Waals surface area (Å²) in [6.45, 7) is 5.04. The fourth-order valence-electron chi connectivity index (χ4n) is 1.09. The average molecular weight is 268 g/mol. The molecule has 0 N–H and O–H groups in total. The molecule has 0 saturated heterocycles. The quantitative estimate of drug-likeness (QED) is 0.833. The van der Waals surface area contributed by atoms with Gasteiger partial charge in [-0.15, -0.1) is 0 Å². The van der Waals surface area contributed by atoms with Gasteiger partial charge in [-0.25, -0.2) is 0 Å². The smallest absolute Gasteiger partial charge is 0.133 e. The molecule has 0 amide bonds. The Morgan fingerprint density at radius 1 is 1.47 bits per heavy atom. The summed E-state index contributed by atoms with van der Waals surface area (Å²) >= 11 is 3.38. The lowest BCUT2D eigenvalue weighted by atomic mass is 10.1. The molecule has 0 heterocycles. The van der Waals surface area contributed by atoms with Crippen LogP contribution in [-0.4, -0.2) is 6.61 Å². The molecule has 1 aromatic rings. The van der Waals surface area contributed by atoms with Crippen LogP contribution in [-0.2, 0) is 0 Å².